The van der Waals surface area contributed by atoms with E-state index >= 15 is 0 Å². The number of rotatable bonds is 3. The van der Waals surface area contributed by atoms with Gasteiger partial charge in [-0.25, -0.2) is 4.98 Å². The van der Waals surface area contributed by atoms with Crippen molar-refractivity contribution in [3.63, 3.8) is 0 Å². The Kier molecular flexibility index (Phi) is 4.31. The summed E-state index contributed by atoms with van der Waals surface area (Å²) in [6.45, 7) is 0. The summed E-state index contributed by atoms with van der Waals surface area (Å²) in [5.74, 6) is -0.465. The number of amides is 1. The Balaban J connectivity index is 2.25. The molecule has 0 aliphatic rings. The molecule has 1 N–H and O–H groups in total. The number of hydrogen-bond acceptors (Lipinski definition) is 4. The molecular weight excluding hydrogens is 350 g/mol. The van der Waals surface area contributed by atoms with Gasteiger partial charge in [0.15, 0.2) is 0 Å². The Bertz CT molecular complexity index is 693. The van der Waals surface area contributed by atoms with Crippen molar-refractivity contribution in [3.05, 3.63) is 61.8 Å². The quantitative estimate of drug-likeness (QED) is 0.672. The Hall–Kier alpha value is -1.99. The molecule has 0 saturated heterocycles. The average Bonchev–Trinajstić information content (AvgIpc) is 2.41. The van der Waals surface area contributed by atoms with Crippen LogP contribution < -0.4 is 5.32 Å². The van der Waals surface area contributed by atoms with Crippen molar-refractivity contribution in [1.29, 1.82) is 0 Å². The van der Waals surface area contributed by atoms with E-state index in [-0.39, 0.29) is 22.1 Å². The van der Waals surface area contributed by atoms with E-state index in [2.05, 4.69) is 26.2 Å². The lowest BCUT2D eigenvalue weighted by atomic mass is 10.2. The van der Waals surface area contributed by atoms with Gasteiger partial charge in [-0.05, 0) is 34.1 Å². The summed E-state index contributed by atoms with van der Waals surface area (Å²) in [6.07, 6.45) is 1.48. The Morgan fingerprint density at radius 1 is 1.40 bits per heavy atom. The van der Waals surface area contributed by atoms with Gasteiger partial charge in [0, 0.05) is 22.8 Å². The highest BCUT2D eigenvalue weighted by Gasteiger charge is 2.15. The molecule has 0 atom stereocenters. The molecule has 0 unspecified atom stereocenters. The lowest BCUT2D eigenvalue weighted by Crippen LogP contribution is -2.14. The van der Waals surface area contributed by atoms with E-state index in [4.69, 9.17) is 11.6 Å². The molecule has 0 fully saturated rings. The maximum Gasteiger partial charge on any atom is 0.275 e. The Labute approximate surface area is 127 Å². The van der Waals surface area contributed by atoms with Gasteiger partial charge in [-0.3, -0.25) is 14.9 Å². The third-order valence-electron chi connectivity index (χ3n) is 2.39. The minimum atomic E-state index is -0.563. The van der Waals surface area contributed by atoms with Gasteiger partial charge >= 0.3 is 0 Å². The highest BCUT2D eigenvalue weighted by molar-refractivity contribution is 9.10. The Morgan fingerprint density at radius 3 is 2.75 bits per heavy atom. The maximum absolute atomic E-state index is 12.0. The molecule has 1 aromatic heterocycles. The third-order valence-corrected chi connectivity index (χ3v) is 3.34. The monoisotopic (exact) mass is 355 g/mol. The van der Waals surface area contributed by atoms with Crippen LogP contribution in [0.15, 0.2) is 41.0 Å². The number of halogens is 2. The fourth-order valence-corrected chi connectivity index (χ4v) is 2.11. The molecule has 0 saturated carbocycles. The number of carbonyl (C=O) groups is 1. The SMILES string of the molecule is O=C(Nc1ccc([N+](=O)[O-])cc1Cl)c1ncccc1Br. The van der Waals surface area contributed by atoms with Crippen LogP contribution in [0.3, 0.4) is 0 Å². The molecule has 20 heavy (non-hydrogen) atoms. The fraction of sp³-hybridized carbons (Fsp3) is 0. The minimum Gasteiger partial charge on any atom is -0.319 e. The Morgan fingerprint density at radius 2 is 2.15 bits per heavy atom. The molecule has 6 nitrogen and oxygen atoms in total. The molecule has 1 amide bonds. The largest absolute Gasteiger partial charge is 0.319 e. The zero-order valence-electron chi connectivity index (χ0n) is 9.84. The van der Waals surface area contributed by atoms with Crippen LogP contribution in [0.25, 0.3) is 0 Å². The van der Waals surface area contributed by atoms with E-state index < -0.39 is 10.8 Å². The second-order valence-corrected chi connectivity index (χ2v) is 4.97. The summed E-state index contributed by atoms with van der Waals surface area (Å²) in [7, 11) is 0. The van der Waals surface area contributed by atoms with Crippen LogP contribution >= 0.6 is 27.5 Å². The molecule has 0 spiro atoms. The van der Waals surface area contributed by atoms with Crippen molar-refractivity contribution in [3.8, 4) is 0 Å². The average molecular weight is 357 g/mol. The van der Waals surface area contributed by atoms with Crippen LogP contribution in [0.1, 0.15) is 10.5 Å². The van der Waals surface area contributed by atoms with E-state index in [1.54, 1.807) is 12.1 Å². The number of nitrogens with zero attached hydrogens (tertiary/aromatic N) is 2. The van der Waals surface area contributed by atoms with Crippen molar-refractivity contribution < 1.29 is 9.72 Å². The van der Waals surface area contributed by atoms with Crippen molar-refractivity contribution in [1.82, 2.24) is 4.98 Å². The van der Waals surface area contributed by atoms with Crippen LogP contribution in [0.5, 0.6) is 0 Å². The van der Waals surface area contributed by atoms with Gasteiger partial charge in [-0.2, -0.15) is 0 Å². The molecule has 1 heterocycles. The molecule has 0 radical (unpaired) electrons. The second kappa shape index (κ2) is 5.98. The van der Waals surface area contributed by atoms with Gasteiger partial charge in [0.05, 0.1) is 15.6 Å². The first kappa shape index (κ1) is 14.4. The summed E-state index contributed by atoms with van der Waals surface area (Å²) >= 11 is 9.11. The molecule has 102 valence electrons. The van der Waals surface area contributed by atoms with Gasteiger partial charge < -0.3 is 5.32 Å². The number of nitro benzene ring substituents is 1. The predicted molar refractivity (Wildman–Crippen MR) is 78.0 cm³/mol. The van der Waals surface area contributed by atoms with E-state index in [1.807, 2.05) is 0 Å². The lowest BCUT2D eigenvalue weighted by molar-refractivity contribution is -0.384. The zero-order valence-corrected chi connectivity index (χ0v) is 12.2. The van der Waals surface area contributed by atoms with Crippen LogP contribution in [-0.4, -0.2) is 15.8 Å². The number of aromatic nitrogens is 1. The maximum atomic E-state index is 12.0. The topological polar surface area (TPSA) is 85.1 Å². The van der Waals surface area contributed by atoms with Gasteiger partial charge in [0.2, 0.25) is 0 Å². The first-order valence-corrected chi connectivity index (χ1v) is 6.52. The normalized spacial score (nSPS) is 10.1. The number of nitro groups is 1. The highest BCUT2D eigenvalue weighted by Crippen LogP contribution is 2.27. The third kappa shape index (κ3) is 3.12. The van der Waals surface area contributed by atoms with Gasteiger partial charge in [-0.15, -0.1) is 0 Å². The number of anilines is 1. The summed E-state index contributed by atoms with van der Waals surface area (Å²) in [4.78, 5) is 26.0. The predicted octanol–water partition coefficient (Wildman–Crippen LogP) is 3.66. The summed E-state index contributed by atoms with van der Waals surface area (Å²) in [5, 5.41) is 13.2. The minimum absolute atomic E-state index is 0.0830. The van der Waals surface area contributed by atoms with Crippen molar-refractivity contribution >= 4 is 44.8 Å². The second-order valence-electron chi connectivity index (χ2n) is 3.71. The first-order chi connectivity index (χ1) is 9.49. The molecule has 0 aliphatic heterocycles. The number of nitrogens with one attached hydrogen (secondary N) is 1. The van der Waals surface area contributed by atoms with Crippen LogP contribution in [0.2, 0.25) is 5.02 Å². The van der Waals surface area contributed by atoms with Gasteiger partial charge in [0.1, 0.15) is 5.69 Å². The standard InChI is InChI=1S/C12H7BrClN3O3/c13-8-2-1-5-15-11(8)12(18)16-10-4-3-7(17(19)20)6-9(10)14/h1-6H,(H,16,18). The summed E-state index contributed by atoms with van der Waals surface area (Å²) in [6, 6.07) is 7.16. The van der Waals surface area contributed by atoms with Gasteiger partial charge in [-0.1, -0.05) is 11.6 Å². The van der Waals surface area contributed by atoms with E-state index in [1.165, 1.54) is 24.4 Å². The number of pyridine rings is 1. The molecule has 1 aromatic carbocycles. The highest BCUT2D eigenvalue weighted by atomic mass is 79.9. The van der Waals surface area contributed by atoms with Crippen LogP contribution in [0, 0.1) is 10.1 Å². The number of benzene rings is 1. The zero-order chi connectivity index (χ0) is 14.7. The summed E-state index contributed by atoms with van der Waals surface area (Å²) < 4.78 is 0.538. The van der Waals surface area contributed by atoms with Crippen LogP contribution in [0.4, 0.5) is 11.4 Å². The van der Waals surface area contributed by atoms with Crippen molar-refractivity contribution in [2.75, 3.05) is 5.32 Å². The molecule has 0 bridgehead atoms. The van der Waals surface area contributed by atoms with Gasteiger partial charge in [0.25, 0.3) is 11.6 Å². The lowest BCUT2D eigenvalue weighted by Gasteiger charge is -2.07. The number of non-ortho nitro benzene ring substituents is 1. The van der Waals surface area contributed by atoms with E-state index in [9.17, 15) is 14.9 Å². The fourth-order valence-electron chi connectivity index (χ4n) is 1.45. The molecular formula is C12H7BrClN3O3. The smallest absolute Gasteiger partial charge is 0.275 e. The van der Waals surface area contributed by atoms with Crippen molar-refractivity contribution in [2.24, 2.45) is 0 Å². The molecule has 0 aliphatic carbocycles. The molecule has 2 rings (SSSR count). The first-order valence-electron chi connectivity index (χ1n) is 5.35. The van der Waals surface area contributed by atoms with Crippen LogP contribution in [-0.2, 0) is 0 Å². The van der Waals surface area contributed by atoms with E-state index in [0.717, 1.165) is 0 Å². The summed E-state index contributed by atoms with van der Waals surface area (Å²) in [5.41, 5.74) is 0.328. The van der Waals surface area contributed by atoms with Crippen molar-refractivity contribution in [2.45, 2.75) is 0 Å². The number of hydrogen-bond donors (Lipinski definition) is 1. The number of carbonyl (C=O) groups excluding carboxylic acids is 1. The molecule has 2 aromatic rings. The van der Waals surface area contributed by atoms with E-state index in [0.29, 0.717) is 4.47 Å². The molecule has 8 heteroatoms.